The number of hydrogen-bond donors (Lipinski definition) is 2. The molecule has 8 heteroatoms. The Balaban J connectivity index is 1.71. The second kappa shape index (κ2) is 8.81. The van der Waals surface area contributed by atoms with E-state index in [0.717, 1.165) is 27.3 Å². The molecule has 0 radical (unpaired) electrons. The molecule has 0 fully saturated rings. The van der Waals surface area contributed by atoms with Crippen LogP contribution in [0.2, 0.25) is 0 Å². The molecule has 0 bridgehead atoms. The van der Waals surface area contributed by atoms with Crippen molar-refractivity contribution in [2.24, 2.45) is 5.92 Å². The lowest BCUT2D eigenvalue weighted by Crippen LogP contribution is -2.20. The third-order valence-corrected chi connectivity index (χ3v) is 8.09. The van der Waals surface area contributed by atoms with E-state index in [-0.39, 0.29) is 34.8 Å². The van der Waals surface area contributed by atoms with Crippen LogP contribution in [-0.2, 0) is 19.4 Å². The van der Waals surface area contributed by atoms with Crippen molar-refractivity contribution in [1.29, 1.82) is 0 Å². The Kier molecular flexibility index (Phi) is 6.57. The zero-order valence-electron chi connectivity index (χ0n) is 17.5. The number of sulfone groups is 1. The highest BCUT2D eigenvalue weighted by Crippen LogP contribution is 2.34. The highest BCUT2D eigenvalue weighted by Gasteiger charge is 2.23. The maximum absolute atomic E-state index is 12.8. The molecular weight excluding hydrogens is 420 g/mol. The van der Waals surface area contributed by atoms with Gasteiger partial charge in [0.15, 0.2) is 9.84 Å². The Hall–Kier alpha value is -2.32. The number of rotatable bonds is 5. The number of carbonyl (C=O) groups excluding carboxylic acids is 2. The van der Waals surface area contributed by atoms with Crippen LogP contribution >= 0.6 is 11.8 Å². The first-order chi connectivity index (χ1) is 14.1. The summed E-state index contributed by atoms with van der Waals surface area (Å²) in [6.07, 6.45) is -0.148. The number of nitrogens with one attached hydrogen (secondary N) is 2. The van der Waals surface area contributed by atoms with Crippen molar-refractivity contribution in [2.45, 2.75) is 43.9 Å². The van der Waals surface area contributed by atoms with Crippen molar-refractivity contribution in [3.05, 3.63) is 47.0 Å². The monoisotopic (exact) mass is 446 g/mol. The maximum atomic E-state index is 12.8. The molecule has 2 aromatic rings. The van der Waals surface area contributed by atoms with Gasteiger partial charge >= 0.3 is 0 Å². The fourth-order valence-corrected chi connectivity index (χ4v) is 5.67. The molecule has 2 N–H and O–H groups in total. The maximum Gasteiger partial charge on any atom is 0.228 e. The van der Waals surface area contributed by atoms with Crippen LogP contribution in [0.4, 0.5) is 11.4 Å². The summed E-state index contributed by atoms with van der Waals surface area (Å²) in [5.41, 5.74) is 4.22. The quantitative estimate of drug-likeness (QED) is 0.722. The predicted molar refractivity (Wildman–Crippen MR) is 121 cm³/mol. The predicted octanol–water partition coefficient (Wildman–Crippen LogP) is 4.09. The van der Waals surface area contributed by atoms with Gasteiger partial charge in [0.2, 0.25) is 11.8 Å². The second-order valence-corrected chi connectivity index (χ2v) is 10.9. The molecule has 2 aromatic carbocycles. The first-order valence-corrected chi connectivity index (χ1v) is 12.4. The van der Waals surface area contributed by atoms with Gasteiger partial charge in [-0.25, -0.2) is 8.42 Å². The topological polar surface area (TPSA) is 92.3 Å². The number of fused-ring (bicyclic) bond motifs is 1. The average molecular weight is 447 g/mol. The standard InChI is InChI=1S/C22H26N2O4S2/c1-13-9-14(2)21(15(3)10-13)24-20(25)7-8-30(27,28)17-5-6-19-18(11-17)23-22(26)16(4)12-29-19/h5-6,9-11,16H,7-8,12H2,1-4H3,(H,23,26)(H,24,25). The van der Waals surface area contributed by atoms with Crippen LogP contribution in [0.25, 0.3) is 0 Å². The lowest BCUT2D eigenvalue weighted by atomic mass is 10.1. The minimum Gasteiger partial charge on any atom is -0.326 e. The number of anilines is 2. The molecule has 1 aliphatic rings. The van der Waals surface area contributed by atoms with Gasteiger partial charge in [0.25, 0.3) is 0 Å². The van der Waals surface area contributed by atoms with Crippen molar-refractivity contribution in [3.8, 4) is 0 Å². The van der Waals surface area contributed by atoms with Crippen molar-refractivity contribution >= 4 is 44.8 Å². The summed E-state index contributed by atoms with van der Waals surface area (Å²) in [5.74, 6) is -0.290. The molecule has 0 spiro atoms. The number of thioether (sulfide) groups is 1. The number of carbonyl (C=O) groups is 2. The molecule has 2 amide bonds. The minimum atomic E-state index is -3.67. The summed E-state index contributed by atoms with van der Waals surface area (Å²) >= 11 is 1.52. The molecule has 0 aliphatic carbocycles. The fraction of sp³-hybridized carbons (Fsp3) is 0.364. The first-order valence-electron chi connectivity index (χ1n) is 9.75. The van der Waals surface area contributed by atoms with Gasteiger partial charge in [-0.3, -0.25) is 9.59 Å². The van der Waals surface area contributed by atoms with E-state index in [2.05, 4.69) is 10.6 Å². The van der Waals surface area contributed by atoms with Crippen LogP contribution in [0.5, 0.6) is 0 Å². The van der Waals surface area contributed by atoms with Gasteiger partial charge in [-0.1, -0.05) is 24.6 Å². The molecule has 160 valence electrons. The van der Waals surface area contributed by atoms with E-state index < -0.39 is 9.84 Å². The molecule has 30 heavy (non-hydrogen) atoms. The summed E-state index contributed by atoms with van der Waals surface area (Å²) in [6.45, 7) is 7.65. The van der Waals surface area contributed by atoms with E-state index in [1.165, 1.54) is 23.9 Å². The van der Waals surface area contributed by atoms with E-state index in [9.17, 15) is 18.0 Å². The van der Waals surface area contributed by atoms with E-state index >= 15 is 0 Å². The lowest BCUT2D eigenvalue weighted by molar-refractivity contribution is -0.118. The van der Waals surface area contributed by atoms with Gasteiger partial charge in [-0.15, -0.1) is 11.8 Å². The largest absolute Gasteiger partial charge is 0.326 e. The number of aryl methyl sites for hydroxylation is 3. The average Bonchev–Trinajstić information content (AvgIpc) is 2.81. The molecule has 1 unspecified atom stereocenters. The summed E-state index contributed by atoms with van der Waals surface area (Å²) in [7, 11) is -3.67. The molecule has 1 heterocycles. The SMILES string of the molecule is Cc1cc(C)c(NC(=O)CCS(=O)(=O)c2ccc3c(c2)NC(=O)C(C)CS3)c(C)c1. The third kappa shape index (κ3) is 5.05. The van der Waals surface area contributed by atoms with Crippen LogP contribution in [0.1, 0.15) is 30.0 Å². The number of hydrogen-bond acceptors (Lipinski definition) is 5. The van der Waals surface area contributed by atoms with Crippen LogP contribution in [0.3, 0.4) is 0 Å². The van der Waals surface area contributed by atoms with Crippen LogP contribution in [0, 0.1) is 26.7 Å². The molecule has 6 nitrogen and oxygen atoms in total. The van der Waals surface area contributed by atoms with Crippen LogP contribution < -0.4 is 10.6 Å². The van der Waals surface area contributed by atoms with Crippen LogP contribution in [-0.4, -0.2) is 31.7 Å². The van der Waals surface area contributed by atoms with E-state index in [4.69, 9.17) is 0 Å². The number of amides is 2. The van der Waals surface area contributed by atoms with Gasteiger partial charge in [0, 0.05) is 28.7 Å². The van der Waals surface area contributed by atoms with Crippen molar-refractivity contribution < 1.29 is 18.0 Å². The molecular formula is C22H26N2O4S2. The van der Waals surface area contributed by atoms with Crippen molar-refractivity contribution in [1.82, 2.24) is 0 Å². The van der Waals surface area contributed by atoms with E-state index in [0.29, 0.717) is 11.4 Å². The van der Waals surface area contributed by atoms with Crippen molar-refractivity contribution in [2.75, 3.05) is 22.1 Å². The number of benzene rings is 2. The van der Waals surface area contributed by atoms with Gasteiger partial charge in [-0.05, 0) is 50.1 Å². The summed E-state index contributed by atoms with van der Waals surface area (Å²) in [4.78, 5) is 25.4. The Labute approximate surface area is 181 Å². The van der Waals surface area contributed by atoms with Gasteiger partial charge < -0.3 is 10.6 Å². The zero-order valence-corrected chi connectivity index (χ0v) is 19.2. The normalized spacial score (nSPS) is 16.4. The highest BCUT2D eigenvalue weighted by molar-refractivity contribution is 7.99. The molecule has 0 aromatic heterocycles. The lowest BCUT2D eigenvalue weighted by Gasteiger charge is -2.13. The first kappa shape index (κ1) is 22.4. The smallest absolute Gasteiger partial charge is 0.228 e. The Bertz CT molecular complexity index is 1090. The minimum absolute atomic E-state index is 0.104. The summed E-state index contributed by atoms with van der Waals surface area (Å²) in [5, 5.41) is 5.63. The van der Waals surface area contributed by atoms with Gasteiger partial charge in [0.05, 0.1) is 16.3 Å². The zero-order chi connectivity index (χ0) is 22.1. The molecule has 3 rings (SSSR count). The highest BCUT2D eigenvalue weighted by atomic mass is 32.2. The van der Waals surface area contributed by atoms with Gasteiger partial charge in [-0.2, -0.15) is 0 Å². The molecule has 0 saturated heterocycles. The Morgan fingerprint density at radius 1 is 1.17 bits per heavy atom. The molecule has 0 saturated carbocycles. The van der Waals surface area contributed by atoms with Crippen LogP contribution in [0.15, 0.2) is 40.1 Å². The molecule has 1 aliphatic heterocycles. The Morgan fingerprint density at radius 3 is 2.50 bits per heavy atom. The summed E-state index contributed by atoms with van der Waals surface area (Å²) < 4.78 is 25.6. The second-order valence-electron chi connectivity index (χ2n) is 7.75. The summed E-state index contributed by atoms with van der Waals surface area (Å²) in [6, 6.07) is 8.68. The van der Waals surface area contributed by atoms with Crippen molar-refractivity contribution in [3.63, 3.8) is 0 Å². The van der Waals surface area contributed by atoms with Gasteiger partial charge in [0.1, 0.15) is 0 Å². The molecule has 1 atom stereocenters. The van der Waals surface area contributed by atoms with E-state index in [1.54, 1.807) is 6.07 Å². The Morgan fingerprint density at radius 2 is 1.83 bits per heavy atom. The van der Waals surface area contributed by atoms with E-state index in [1.807, 2.05) is 39.8 Å². The third-order valence-electron chi connectivity index (χ3n) is 5.04. The fourth-order valence-electron chi connectivity index (χ4n) is 3.40.